The fourth-order valence-corrected chi connectivity index (χ4v) is 1.97. The summed E-state index contributed by atoms with van der Waals surface area (Å²) in [7, 11) is 0. The number of halogens is 1. The summed E-state index contributed by atoms with van der Waals surface area (Å²) in [6.07, 6.45) is 1.21. The minimum absolute atomic E-state index is 0. The Labute approximate surface area is 129 Å². The van der Waals surface area contributed by atoms with Gasteiger partial charge < -0.3 is 10.6 Å². The Morgan fingerprint density at radius 2 is 2.05 bits per heavy atom. The molecule has 114 valence electrons. The topological polar surface area (TPSA) is 87.3 Å². The van der Waals surface area contributed by atoms with Gasteiger partial charge in [-0.25, -0.2) is 0 Å². The van der Waals surface area contributed by atoms with E-state index in [1.54, 1.807) is 25.1 Å². The van der Waals surface area contributed by atoms with Crippen molar-refractivity contribution < 1.29 is 14.4 Å². The van der Waals surface area contributed by atoms with Crippen molar-refractivity contribution in [2.75, 3.05) is 10.6 Å². The average Bonchev–Trinajstić information content (AvgIpc) is 2.42. The molecule has 1 aliphatic heterocycles. The van der Waals surface area contributed by atoms with E-state index in [1.807, 2.05) is 6.07 Å². The lowest BCUT2D eigenvalue weighted by molar-refractivity contribution is -0.133. The van der Waals surface area contributed by atoms with Gasteiger partial charge in [0.2, 0.25) is 17.7 Å². The number of hydrogen-bond donors (Lipinski definition) is 3. The number of piperidine rings is 1. The molecule has 3 amide bonds. The first-order valence-corrected chi connectivity index (χ1v) is 6.58. The normalized spacial score (nSPS) is 17.5. The summed E-state index contributed by atoms with van der Waals surface area (Å²) in [5, 5.41) is 8.12. The number of benzene rings is 1. The number of anilines is 2. The molecule has 1 atom stereocenters. The minimum Gasteiger partial charge on any atom is -0.374 e. The van der Waals surface area contributed by atoms with E-state index < -0.39 is 6.04 Å². The highest BCUT2D eigenvalue weighted by molar-refractivity contribution is 6.01. The number of carbonyl (C=O) groups excluding carboxylic acids is 3. The first-order chi connectivity index (χ1) is 9.58. The molecule has 0 unspecified atom stereocenters. The molecule has 1 fully saturated rings. The molecule has 1 saturated heterocycles. The van der Waals surface area contributed by atoms with E-state index in [-0.39, 0.29) is 30.1 Å². The number of hydrogen-bond acceptors (Lipinski definition) is 4. The molecule has 1 aromatic carbocycles. The molecule has 7 heteroatoms. The summed E-state index contributed by atoms with van der Waals surface area (Å²) in [5.41, 5.74) is 1.41. The van der Waals surface area contributed by atoms with E-state index >= 15 is 0 Å². The zero-order valence-electron chi connectivity index (χ0n) is 11.6. The van der Waals surface area contributed by atoms with Crippen LogP contribution in [0.4, 0.5) is 11.4 Å². The van der Waals surface area contributed by atoms with Crippen LogP contribution >= 0.6 is 12.4 Å². The van der Waals surface area contributed by atoms with Crippen molar-refractivity contribution in [2.24, 2.45) is 0 Å². The summed E-state index contributed by atoms with van der Waals surface area (Å²) in [6.45, 7) is 1.78. The second-order valence-electron chi connectivity index (χ2n) is 4.63. The SMILES string of the molecule is CCC(=O)Nc1cccc(N[C@H]2CCC(=O)NC2=O)c1.Cl. The largest absolute Gasteiger partial charge is 0.374 e. The Kier molecular flexibility index (Phi) is 6.17. The van der Waals surface area contributed by atoms with Crippen molar-refractivity contribution in [2.45, 2.75) is 32.2 Å². The number of imide groups is 1. The van der Waals surface area contributed by atoms with Crippen molar-refractivity contribution in [3.05, 3.63) is 24.3 Å². The monoisotopic (exact) mass is 311 g/mol. The lowest BCUT2D eigenvalue weighted by Crippen LogP contribution is -2.47. The zero-order valence-corrected chi connectivity index (χ0v) is 12.5. The summed E-state index contributed by atoms with van der Waals surface area (Å²) < 4.78 is 0. The summed E-state index contributed by atoms with van der Waals surface area (Å²) in [6, 6.07) is 6.72. The van der Waals surface area contributed by atoms with Crippen LogP contribution in [0.1, 0.15) is 26.2 Å². The molecule has 0 saturated carbocycles. The second-order valence-corrected chi connectivity index (χ2v) is 4.63. The third-order valence-corrected chi connectivity index (χ3v) is 3.05. The van der Waals surface area contributed by atoms with Crippen LogP contribution in [-0.2, 0) is 14.4 Å². The third-order valence-electron chi connectivity index (χ3n) is 3.05. The Hall–Kier alpha value is -2.08. The molecule has 0 aromatic heterocycles. The maximum Gasteiger partial charge on any atom is 0.249 e. The molecule has 0 radical (unpaired) electrons. The molecular weight excluding hydrogens is 294 g/mol. The average molecular weight is 312 g/mol. The quantitative estimate of drug-likeness (QED) is 0.738. The lowest BCUT2D eigenvalue weighted by Gasteiger charge is -2.23. The van der Waals surface area contributed by atoms with E-state index in [0.29, 0.717) is 24.9 Å². The van der Waals surface area contributed by atoms with Gasteiger partial charge in [-0.05, 0) is 24.6 Å². The molecule has 3 N–H and O–H groups in total. The van der Waals surface area contributed by atoms with Crippen molar-refractivity contribution in [1.29, 1.82) is 0 Å². The van der Waals surface area contributed by atoms with Gasteiger partial charge in [0, 0.05) is 24.2 Å². The first kappa shape index (κ1) is 17.0. The van der Waals surface area contributed by atoms with Gasteiger partial charge in [0.25, 0.3) is 0 Å². The maximum atomic E-state index is 11.7. The molecule has 1 aromatic rings. The maximum absolute atomic E-state index is 11.7. The Balaban J connectivity index is 0.00000220. The van der Waals surface area contributed by atoms with Crippen LogP contribution in [0, 0.1) is 0 Å². The highest BCUT2D eigenvalue weighted by Gasteiger charge is 2.26. The highest BCUT2D eigenvalue weighted by Crippen LogP contribution is 2.18. The van der Waals surface area contributed by atoms with E-state index in [9.17, 15) is 14.4 Å². The van der Waals surface area contributed by atoms with Gasteiger partial charge in [0.1, 0.15) is 6.04 Å². The van der Waals surface area contributed by atoms with Crippen LogP contribution in [0.3, 0.4) is 0 Å². The van der Waals surface area contributed by atoms with E-state index in [0.717, 1.165) is 5.69 Å². The molecule has 0 bridgehead atoms. The van der Waals surface area contributed by atoms with E-state index in [2.05, 4.69) is 16.0 Å². The standard InChI is InChI=1S/C14H17N3O3.ClH/c1-2-12(18)16-10-5-3-4-9(8-10)15-11-6-7-13(19)17-14(11)20;/h3-5,8,11,15H,2,6-7H2,1H3,(H,16,18)(H,17,19,20);1H/t11-;/m0./s1. The summed E-state index contributed by atoms with van der Waals surface area (Å²) >= 11 is 0. The summed E-state index contributed by atoms with van der Waals surface area (Å²) in [4.78, 5) is 34.1. The lowest BCUT2D eigenvalue weighted by atomic mass is 10.1. The fraction of sp³-hybridized carbons (Fsp3) is 0.357. The van der Waals surface area contributed by atoms with Crippen LogP contribution in [0.15, 0.2) is 24.3 Å². The van der Waals surface area contributed by atoms with Crippen LogP contribution < -0.4 is 16.0 Å². The summed E-state index contributed by atoms with van der Waals surface area (Å²) in [5.74, 6) is -0.621. The number of carbonyl (C=O) groups is 3. The second kappa shape index (κ2) is 7.64. The van der Waals surface area contributed by atoms with Gasteiger partial charge in [-0.15, -0.1) is 12.4 Å². The van der Waals surface area contributed by atoms with Gasteiger partial charge in [0.15, 0.2) is 0 Å². The molecule has 6 nitrogen and oxygen atoms in total. The van der Waals surface area contributed by atoms with Crippen molar-refractivity contribution in [3.8, 4) is 0 Å². The molecule has 0 aliphatic carbocycles. The molecular formula is C14H18ClN3O3. The van der Waals surface area contributed by atoms with Crippen LogP contribution in [0.2, 0.25) is 0 Å². The number of amides is 3. The third kappa shape index (κ3) is 4.75. The highest BCUT2D eigenvalue weighted by atomic mass is 35.5. The molecule has 1 heterocycles. The Morgan fingerprint density at radius 3 is 2.71 bits per heavy atom. The Morgan fingerprint density at radius 1 is 1.33 bits per heavy atom. The van der Waals surface area contributed by atoms with Crippen LogP contribution in [-0.4, -0.2) is 23.8 Å². The van der Waals surface area contributed by atoms with Gasteiger partial charge in [0.05, 0.1) is 0 Å². The van der Waals surface area contributed by atoms with Gasteiger partial charge in [-0.2, -0.15) is 0 Å². The van der Waals surface area contributed by atoms with Gasteiger partial charge in [-0.3, -0.25) is 19.7 Å². The first-order valence-electron chi connectivity index (χ1n) is 6.58. The molecule has 21 heavy (non-hydrogen) atoms. The van der Waals surface area contributed by atoms with Crippen molar-refractivity contribution in [3.63, 3.8) is 0 Å². The van der Waals surface area contributed by atoms with Crippen molar-refractivity contribution >= 4 is 41.5 Å². The van der Waals surface area contributed by atoms with Crippen LogP contribution in [0.25, 0.3) is 0 Å². The molecule has 2 rings (SSSR count). The Bertz CT molecular complexity index is 548. The number of rotatable bonds is 4. The number of nitrogens with one attached hydrogen (secondary N) is 3. The molecule has 0 spiro atoms. The van der Waals surface area contributed by atoms with Gasteiger partial charge >= 0.3 is 0 Å². The van der Waals surface area contributed by atoms with Crippen LogP contribution in [0.5, 0.6) is 0 Å². The predicted molar refractivity (Wildman–Crippen MR) is 82.4 cm³/mol. The smallest absolute Gasteiger partial charge is 0.249 e. The minimum atomic E-state index is -0.426. The van der Waals surface area contributed by atoms with E-state index in [4.69, 9.17) is 0 Å². The van der Waals surface area contributed by atoms with E-state index in [1.165, 1.54) is 0 Å². The molecule has 1 aliphatic rings. The van der Waals surface area contributed by atoms with Gasteiger partial charge in [-0.1, -0.05) is 13.0 Å². The zero-order chi connectivity index (χ0) is 14.5. The van der Waals surface area contributed by atoms with Crippen molar-refractivity contribution in [1.82, 2.24) is 5.32 Å². The fourth-order valence-electron chi connectivity index (χ4n) is 1.97. The predicted octanol–water partition coefficient (Wildman–Crippen LogP) is 1.67.